The zero-order valence-electron chi connectivity index (χ0n) is 11.8. The lowest BCUT2D eigenvalue weighted by molar-refractivity contribution is 0.0770. The maximum Gasteiger partial charge on any atom is 0.123 e. The van der Waals surface area contributed by atoms with Gasteiger partial charge in [0, 0.05) is 31.2 Å². The Morgan fingerprint density at radius 1 is 1.32 bits per heavy atom. The van der Waals surface area contributed by atoms with Gasteiger partial charge in [-0.05, 0) is 50.3 Å². The van der Waals surface area contributed by atoms with E-state index in [2.05, 4.69) is 24.1 Å². The molecule has 1 aromatic rings. The molecule has 3 heteroatoms. The minimum absolute atomic E-state index is 0.153. The van der Waals surface area contributed by atoms with Crippen LogP contribution in [0.4, 0.5) is 4.39 Å². The molecule has 0 radical (unpaired) electrons. The van der Waals surface area contributed by atoms with Crippen LogP contribution in [-0.4, -0.2) is 29.6 Å². The molecule has 0 amide bonds. The quantitative estimate of drug-likeness (QED) is 0.901. The lowest BCUT2D eigenvalue weighted by Crippen LogP contribution is -2.62. The molecule has 1 heterocycles. The van der Waals surface area contributed by atoms with E-state index in [1.807, 2.05) is 12.1 Å². The van der Waals surface area contributed by atoms with Crippen LogP contribution < -0.4 is 5.32 Å². The molecule has 0 aromatic heterocycles. The van der Waals surface area contributed by atoms with Crippen LogP contribution in [0.25, 0.3) is 0 Å². The Kier molecular flexibility index (Phi) is 3.35. The van der Waals surface area contributed by atoms with Crippen molar-refractivity contribution < 1.29 is 4.39 Å². The molecule has 3 rings (SSSR count). The summed E-state index contributed by atoms with van der Waals surface area (Å²) in [5, 5.41) is 3.73. The second-order valence-corrected chi connectivity index (χ2v) is 6.45. The van der Waals surface area contributed by atoms with Crippen molar-refractivity contribution in [2.24, 2.45) is 5.92 Å². The third kappa shape index (κ3) is 2.82. The molecule has 2 atom stereocenters. The first-order chi connectivity index (χ1) is 9.07. The molecule has 2 nitrogen and oxygen atoms in total. The molecule has 0 spiro atoms. The summed E-state index contributed by atoms with van der Waals surface area (Å²) in [6, 6.07) is 7.46. The lowest BCUT2D eigenvalue weighted by Gasteiger charge is -2.45. The van der Waals surface area contributed by atoms with E-state index in [0.717, 1.165) is 25.6 Å². The molecule has 1 N–H and O–H groups in total. The predicted molar refractivity (Wildman–Crippen MR) is 75.4 cm³/mol. The topological polar surface area (TPSA) is 15.3 Å². The smallest absolute Gasteiger partial charge is 0.123 e. The van der Waals surface area contributed by atoms with Crippen LogP contribution in [-0.2, 0) is 6.54 Å². The summed E-state index contributed by atoms with van der Waals surface area (Å²) in [5.41, 5.74) is 1.47. The van der Waals surface area contributed by atoms with Crippen LogP contribution in [0.3, 0.4) is 0 Å². The summed E-state index contributed by atoms with van der Waals surface area (Å²) >= 11 is 0. The summed E-state index contributed by atoms with van der Waals surface area (Å²) in [6.07, 6.45) is 2.73. The van der Waals surface area contributed by atoms with Gasteiger partial charge in [0.25, 0.3) is 0 Å². The normalized spacial score (nSPS) is 32.5. The van der Waals surface area contributed by atoms with Gasteiger partial charge in [-0.3, -0.25) is 4.90 Å². The number of rotatable bonds is 3. The van der Waals surface area contributed by atoms with E-state index in [1.54, 1.807) is 12.1 Å². The molecule has 2 fully saturated rings. The van der Waals surface area contributed by atoms with Gasteiger partial charge in [-0.15, -0.1) is 0 Å². The summed E-state index contributed by atoms with van der Waals surface area (Å²) < 4.78 is 13.0. The molecule has 1 aromatic carbocycles. The molecule has 1 aliphatic carbocycles. The van der Waals surface area contributed by atoms with Crippen LogP contribution in [0.1, 0.15) is 32.3 Å². The summed E-state index contributed by atoms with van der Waals surface area (Å²) in [7, 11) is 0. The molecular weight excluding hydrogens is 239 g/mol. The molecule has 2 unspecified atom stereocenters. The summed E-state index contributed by atoms with van der Waals surface area (Å²) in [5.74, 6) is 0.690. The van der Waals surface area contributed by atoms with E-state index in [1.165, 1.54) is 18.4 Å². The van der Waals surface area contributed by atoms with E-state index in [0.29, 0.717) is 6.04 Å². The minimum atomic E-state index is -0.153. The fraction of sp³-hybridized carbons (Fsp3) is 0.625. The zero-order valence-corrected chi connectivity index (χ0v) is 11.8. The Bertz CT molecular complexity index is 441. The third-order valence-electron chi connectivity index (χ3n) is 4.73. The van der Waals surface area contributed by atoms with Gasteiger partial charge >= 0.3 is 0 Å². The summed E-state index contributed by atoms with van der Waals surface area (Å²) in [4.78, 5) is 2.53. The Labute approximate surface area is 115 Å². The van der Waals surface area contributed by atoms with Crippen molar-refractivity contribution in [1.82, 2.24) is 10.2 Å². The average molecular weight is 262 g/mol. The Hall–Kier alpha value is -0.930. The highest BCUT2D eigenvalue weighted by molar-refractivity contribution is 5.16. The zero-order chi connectivity index (χ0) is 13.5. The van der Waals surface area contributed by atoms with Crippen LogP contribution >= 0.6 is 0 Å². The van der Waals surface area contributed by atoms with Gasteiger partial charge in [0.05, 0.1) is 0 Å². The highest BCUT2D eigenvalue weighted by atomic mass is 19.1. The lowest BCUT2D eigenvalue weighted by atomic mass is 9.91. The highest BCUT2D eigenvalue weighted by Gasteiger charge is 2.45. The predicted octanol–water partition coefficient (Wildman–Crippen LogP) is 2.79. The van der Waals surface area contributed by atoms with E-state index >= 15 is 0 Å². The van der Waals surface area contributed by atoms with E-state index in [4.69, 9.17) is 0 Å². The molecule has 19 heavy (non-hydrogen) atoms. The second-order valence-electron chi connectivity index (χ2n) is 6.45. The SMILES string of the molecule is CC1CNC(C)(C2CC2)CN1Cc1ccc(F)cc1. The van der Waals surface area contributed by atoms with Crippen LogP contribution in [0.2, 0.25) is 0 Å². The van der Waals surface area contributed by atoms with Crippen molar-refractivity contribution in [3.63, 3.8) is 0 Å². The summed E-state index contributed by atoms with van der Waals surface area (Å²) in [6.45, 7) is 7.69. The van der Waals surface area contributed by atoms with Crippen molar-refractivity contribution in [3.05, 3.63) is 35.6 Å². The minimum Gasteiger partial charge on any atom is -0.308 e. The highest BCUT2D eigenvalue weighted by Crippen LogP contribution is 2.41. The number of halogens is 1. The number of nitrogens with zero attached hydrogens (tertiary/aromatic N) is 1. The fourth-order valence-corrected chi connectivity index (χ4v) is 3.17. The molecule has 0 bridgehead atoms. The number of piperazine rings is 1. The fourth-order valence-electron chi connectivity index (χ4n) is 3.17. The molecule has 2 aliphatic rings. The van der Waals surface area contributed by atoms with Crippen molar-refractivity contribution >= 4 is 0 Å². The van der Waals surface area contributed by atoms with Gasteiger partial charge in [0.15, 0.2) is 0 Å². The number of hydrogen-bond acceptors (Lipinski definition) is 2. The van der Waals surface area contributed by atoms with Crippen LogP contribution in [0.15, 0.2) is 24.3 Å². The average Bonchev–Trinajstić information content (AvgIpc) is 3.21. The third-order valence-corrected chi connectivity index (χ3v) is 4.73. The molecule has 1 saturated heterocycles. The first-order valence-electron chi connectivity index (χ1n) is 7.30. The van der Waals surface area contributed by atoms with Crippen molar-refractivity contribution in [3.8, 4) is 0 Å². The first-order valence-corrected chi connectivity index (χ1v) is 7.30. The van der Waals surface area contributed by atoms with Crippen molar-refractivity contribution in [2.45, 2.75) is 44.8 Å². The van der Waals surface area contributed by atoms with Gasteiger partial charge in [-0.2, -0.15) is 0 Å². The molecule has 104 valence electrons. The standard InChI is InChI=1S/C16H23FN2/c1-12-9-18-16(2,14-5-6-14)11-19(12)10-13-3-7-15(17)8-4-13/h3-4,7-8,12,14,18H,5-6,9-11H2,1-2H3. The maximum absolute atomic E-state index is 13.0. The number of nitrogens with one attached hydrogen (secondary N) is 1. The number of benzene rings is 1. The van der Waals surface area contributed by atoms with Gasteiger partial charge in [-0.1, -0.05) is 12.1 Å². The molecular formula is C16H23FN2. The van der Waals surface area contributed by atoms with Gasteiger partial charge in [0.1, 0.15) is 5.82 Å². The van der Waals surface area contributed by atoms with E-state index in [9.17, 15) is 4.39 Å². The molecule has 1 aliphatic heterocycles. The largest absolute Gasteiger partial charge is 0.308 e. The van der Waals surface area contributed by atoms with E-state index < -0.39 is 0 Å². The van der Waals surface area contributed by atoms with Crippen molar-refractivity contribution in [2.75, 3.05) is 13.1 Å². The maximum atomic E-state index is 13.0. The van der Waals surface area contributed by atoms with Gasteiger partial charge in [-0.25, -0.2) is 4.39 Å². The Morgan fingerprint density at radius 2 is 2.00 bits per heavy atom. The van der Waals surface area contributed by atoms with Crippen molar-refractivity contribution in [1.29, 1.82) is 0 Å². The Morgan fingerprint density at radius 3 is 2.63 bits per heavy atom. The first kappa shape index (κ1) is 13.1. The Balaban J connectivity index is 1.69. The van der Waals surface area contributed by atoms with Gasteiger partial charge < -0.3 is 5.32 Å². The van der Waals surface area contributed by atoms with Crippen LogP contribution in [0, 0.1) is 11.7 Å². The monoisotopic (exact) mass is 262 g/mol. The second kappa shape index (κ2) is 4.88. The number of hydrogen-bond donors (Lipinski definition) is 1. The molecule has 1 saturated carbocycles. The van der Waals surface area contributed by atoms with Crippen LogP contribution in [0.5, 0.6) is 0 Å². The van der Waals surface area contributed by atoms with E-state index in [-0.39, 0.29) is 11.4 Å². The van der Waals surface area contributed by atoms with Gasteiger partial charge in [0.2, 0.25) is 0 Å².